The van der Waals surface area contributed by atoms with Crippen molar-refractivity contribution in [3.63, 3.8) is 0 Å². The van der Waals surface area contributed by atoms with Gasteiger partial charge in [0.05, 0.1) is 18.5 Å². The van der Waals surface area contributed by atoms with E-state index in [4.69, 9.17) is 10.6 Å². The lowest BCUT2D eigenvalue weighted by Gasteiger charge is -2.33. The third kappa shape index (κ3) is 5.22. The molecule has 1 fully saturated rings. The van der Waals surface area contributed by atoms with E-state index in [0.717, 1.165) is 63.0 Å². The van der Waals surface area contributed by atoms with Crippen LogP contribution in [0.25, 0.3) is 10.9 Å². The number of carbonyl (C=O) groups excluding carboxylic acids is 1. The van der Waals surface area contributed by atoms with Crippen molar-refractivity contribution in [2.45, 2.75) is 26.7 Å². The second-order valence-corrected chi connectivity index (χ2v) is 7.20. The fourth-order valence-electron chi connectivity index (χ4n) is 3.42. The molecule has 8 nitrogen and oxygen atoms in total. The number of nitrogens with one attached hydrogen (secondary N) is 1. The molecule has 2 heterocycles. The van der Waals surface area contributed by atoms with Gasteiger partial charge in [-0.1, -0.05) is 16.6 Å². The highest BCUT2D eigenvalue weighted by Gasteiger charge is 2.21. The first kappa shape index (κ1) is 20.1. The van der Waals surface area contributed by atoms with Crippen LogP contribution in [0.1, 0.15) is 25.3 Å². The molecule has 0 bridgehead atoms. The Morgan fingerprint density at radius 2 is 2.07 bits per heavy atom. The van der Waals surface area contributed by atoms with Crippen LogP contribution in [0.3, 0.4) is 0 Å². The number of nitrogens with two attached hydrogens (primary N) is 1. The Kier molecular flexibility index (Phi) is 6.86. The van der Waals surface area contributed by atoms with Crippen molar-refractivity contribution < 1.29 is 14.2 Å². The maximum absolute atomic E-state index is 11.7. The normalized spacial score (nSPS) is 15.0. The van der Waals surface area contributed by atoms with Crippen LogP contribution < -0.4 is 15.8 Å². The zero-order valence-corrected chi connectivity index (χ0v) is 16.9. The first-order valence-electron chi connectivity index (χ1n) is 10.0. The number of nitrogen functional groups attached to an aromatic ring is 1. The highest BCUT2D eigenvalue weighted by atomic mass is 16.6. The molecule has 0 unspecified atom stereocenters. The number of amides is 1. The van der Waals surface area contributed by atoms with Crippen molar-refractivity contribution in [1.29, 1.82) is 0 Å². The summed E-state index contributed by atoms with van der Waals surface area (Å²) in [5, 5.41) is 4.37. The van der Waals surface area contributed by atoms with Crippen LogP contribution in [0.15, 0.2) is 24.4 Å². The van der Waals surface area contributed by atoms with Crippen molar-refractivity contribution in [2.24, 2.45) is 0 Å². The average molecular weight is 388 g/mol. The van der Waals surface area contributed by atoms with Gasteiger partial charge in [0, 0.05) is 26.2 Å². The van der Waals surface area contributed by atoms with Crippen LogP contribution in [-0.4, -0.2) is 66.8 Å². The molecule has 1 amide bonds. The first-order valence-corrected chi connectivity index (χ1v) is 10.0. The molecular formula is C20H31N6O2+. The van der Waals surface area contributed by atoms with E-state index in [1.165, 1.54) is 5.56 Å². The smallest absolute Gasteiger partial charge is 0.413 e. The minimum atomic E-state index is -0.195. The topological polar surface area (TPSA) is 87.6 Å². The summed E-state index contributed by atoms with van der Waals surface area (Å²) in [6.07, 6.45) is 3.83. The molecule has 1 aliphatic rings. The van der Waals surface area contributed by atoms with Gasteiger partial charge in [-0.3, -0.25) is 16.1 Å². The van der Waals surface area contributed by atoms with E-state index in [1.54, 1.807) is 9.58 Å². The predicted molar refractivity (Wildman–Crippen MR) is 110 cm³/mol. The lowest BCUT2D eigenvalue weighted by atomic mass is 10.2. The molecule has 28 heavy (non-hydrogen) atoms. The Bertz CT molecular complexity index is 805. The summed E-state index contributed by atoms with van der Waals surface area (Å²) in [7, 11) is 0. The molecule has 3 rings (SSSR count). The Hall–Kier alpha value is -2.61. The van der Waals surface area contributed by atoms with Crippen molar-refractivity contribution in [3.05, 3.63) is 30.0 Å². The van der Waals surface area contributed by atoms with Crippen LogP contribution in [0.2, 0.25) is 0 Å². The van der Waals surface area contributed by atoms with Gasteiger partial charge in [0.2, 0.25) is 0 Å². The van der Waals surface area contributed by atoms with Gasteiger partial charge in [0.15, 0.2) is 5.52 Å². The van der Waals surface area contributed by atoms with E-state index in [2.05, 4.69) is 34.3 Å². The fraction of sp³-hybridized carbons (Fsp3) is 0.550. The van der Waals surface area contributed by atoms with Crippen molar-refractivity contribution in [1.82, 2.24) is 14.8 Å². The quantitative estimate of drug-likeness (QED) is 0.425. The van der Waals surface area contributed by atoms with Crippen molar-refractivity contribution in [3.8, 4) is 0 Å². The number of fused-ring (bicyclic) bond motifs is 1. The number of benzene rings is 1. The third-order valence-electron chi connectivity index (χ3n) is 5.01. The number of hydrogen-bond donors (Lipinski definition) is 2. The standard InChI is InChI=1S/C20H30N6O2/c1-3-28-20(27)25-12-10-24(11-13-25)9-5-4-8-22-19-23-18-7-6-16(2)14-17(18)15-26(19)21/h6-7,14-15H,3-5,8-13,21H2,1-2H3/p+1. The van der Waals surface area contributed by atoms with E-state index >= 15 is 0 Å². The molecular weight excluding hydrogens is 356 g/mol. The van der Waals surface area contributed by atoms with Crippen LogP contribution in [0, 0.1) is 6.92 Å². The van der Waals surface area contributed by atoms with E-state index in [0.29, 0.717) is 12.6 Å². The lowest BCUT2D eigenvalue weighted by molar-refractivity contribution is -0.625. The van der Waals surface area contributed by atoms with E-state index in [9.17, 15) is 4.79 Å². The number of hydrogen-bond acceptors (Lipinski definition) is 6. The number of carbonyl (C=O) groups is 1. The summed E-state index contributed by atoms with van der Waals surface area (Å²) in [5.41, 5.74) is 2.13. The number of nitrogens with zero attached hydrogens (tertiary/aromatic N) is 4. The zero-order valence-electron chi connectivity index (χ0n) is 16.9. The number of aryl methyl sites for hydroxylation is 1. The molecule has 0 atom stereocenters. The van der Waals surface area contributed by atoms with Gasteiger partial charge in [-0.25, -0.2) is 4.79 Å². The lowest BCUT2D eigenvalue weighted by Crippen LogP contribution is -2.49. The number of rotatable bonds is 7. The van der Waals surface area contributed by atoms with Gasteiger partial charge in [-0.15, -0.1) is 4.68 Å². The zero-order chi connectivity index (χ0) is 19.9. The first-order chi connectivity index (χ1) is 13.6. The van der Waals surface area contributed by atoms with Gasteiger partial charge < -0.3 is 9.64 Å². The summed E-state index contributed by atoms with van der Waals surface area (Å²) >= 11 is 0. The fourth-order valence-corrected chi connectivity index (χ4v) is 3.42. The Morgan fingerprint density at radius 1 is 1.29 bits per heavy atom. The molecule has 3 N–H and O–H groups in total. The number of aromatic nitrogens is 2. The van der Waals surface area contributed by atoms with Crippen LogP contribution in [0.4, 0.5) is 10.7 Å². The molecule has 0 spiro atoms. The van der Waals surface area contributed by atoms with Gasteiger partial charge >= 0.3 is 12.0 Å². The molecule has 0 aliphatic carbocycles. The summed E-state index contributed by atoms with van der Waals surface area (Å²) in [5.74, 6) is 6.75. The largest absolute Gasteiger partial charge is 0.450 e. The highest BCUT2D eigenvalue weighted by molar-refractivity contribution is 5.78. The van der Waals surface area contributed by atoms with E-state index in [-0.39, 0.29) is 6.09 Å². The second kappa shape index (κ2) is 9.54. The van der Waals surface area contributed by atoms with Crippen LogP contribution >= 0.6 is 0 Å². The SMILES string of the molecule is CCOC(=O)N1CCN(CCCCNc2nc3ccc(C)cc3c[n+]2N)CC1. The second-order valence-electron chi connectivity index (χ2n) is 7.20. The number of ether oxygens (including phenoxy) is 1. The van der Waals surface area contributed by atoms with Gasteiger partial charge in [0.25, 0.3) is 0 Å². The van der Waals surface area contributed by atoms with Gasteiger partial charge in [-0.2, -0.15) is 0 Å². The Balaban J connectivity index is 1.37. The molecule has 1 aromatic carbocycles. The number of piperazine rings is 1. The van der Waals surface area contributed by atoms with E-state index in [1.807, 2.05) is 19.2 Å². The summed E-state index contributed by atoms with van der Waals surface area (Å²) < 4.78 is 6.61. The Labute approximate surface area is 166 Å². The molecule has 2 aromatic rings. The molecule has 0 radical (unpaired) electrons. The van der Waals surface area contributed by atoms with E-state index < -0.39 is 0 Å². The number of anilines is 1. The molecule has 1 aliphatic heterocycles. The minimum absolute atomic E-state index is 0.195. The molecule has 8 heteroatoms. The summed E-state index contributed by atoms with van der Waals surface area (Å²) in [4.78, 5) is 20.5. The molecule has 152 valence electrons. The third-order valence-corrected chi connectivity index (χ3v) is 5.01. The predicted octanol–water partition coefficient (Wildman–Crippen LogP) is 1.51. The average Bonchev–Trinajstić information content (AvgIpc) is 2.68. The monoisotopic (exact) mass is 387 g/mol. The summed E-state index contributed by atoms with van der Waals surface area (Å²) in [6, 6.07) is 6.16. The summed E-state index contributed by atoms with van der Waals surface area (Å²) in [6.45, 7) is 9.47. The van der Waals surface area contributed by atoms with Crippen molar-refractivity contribution >= 4 is 22.9 Å². The van der Waals surface area contributed by atoms with Crippen LogP contribution in [0.5, 0.6) is 0 Å². The maximum atomic E-state index is 11.7. The van der Waals surface area contributed by atoms with Crippen molar-refractivity contribution in [2.75, 3.05) is 57.0 Å². The maximum Gasteiger partial charge on any atom is 0.413 e. The minimum Gasteiger partial charge on any atom is -0.450 e. The Morgan fingerprint density at radius 3 is 2.82 bits per heavy atom. The molecule has 0 saturated carbocycles. The molecule has 1 saturated heterocycles. The van der Waals surface area contributed by atoms with Gasteiger partial charge in [0.1, 0.15) is 6.20 Å². The highest BCUT2D eigenvalue weighted by Crippen LogP contribution is 2.13. The van der Waals surface area contributed by atoms with Crippen LogP contribution in [-0.2, 0) is 4.74 Å². The number of unbranched alkanes of at least 4 members (excludes halogenated alkanes) is 1. The molecule has 1 aromatic heterocycles. The van der Waals surface area contributed by atoms with Gasteiger partial charge in [-0.05, 0) is 45.4 Å².